The molecule has 6 nitrogen and oxygen atoms in total. The van der Waals surface area contributed by atoms with Crippen molar-refractivity contribution in [3.8, 4) is 11.5 Å². The summed E-state index contributed by atoms with van der Waals surface area (Å²) in [6.07, 6.45) is 7.01. The van der Waals surface area contributed by atoms with Crippen LogP contribution in [0.25, 0.3) is 0 Å². The molecule has 2 heterocycles. The van der Waals surface area contributed by atoms with E-state index in [1.807, 2.05) is 11.0 Å². The van der Waals surface area contributed by atoms with Gasteiger partial charge in [0.25, 0.3) is 5.91 Å². The lowest BCUT2D eigenvalue weighted by Crippen LogP contribution is -2.41. The van der Waals surface area contributed by atoms with Crippen molar-refractivity contribution < 1.29 is 19.1 Å². The summed E-state index contributed by atoms with van der Waals surface area (Å²) in [5, 5.41) is 0. The van der Waals surface area contributed by atoms with Crippen LogP contribution in [0.1, 0.15) is 36.0 Å². The highest BCUT2D eigenvalue weighted by molar-refractivity contribution is 5.97. The van der Waals surface area contributed by atoms with Gasteiger partial charge in [-0.05, 0) is 37.5 Å². The fourth-order valence-corrected chi connectivity index (χ4v) is 3.56. The number of benzene rings is 1. The molecule has 2 aliphatic rings. The Morgan fingerprint density at radius 1 is 1.11 bits per heavy atom. The molecular formula is C21H27N2O4. The van der Waals surface area contributed by atoms with Crippen molar-refractivity contribution >= 4 is 11.8 Å². The summed E-state index contributed by atoms with van der Waals surface area (Å²) in [4.78, 5) is 28.1. The van der Waals surface area contributed by atoms with E-state index in [1.165, 1.54) is 6.08 Å². The first-order valence-corrected chi connectivity index (χ1v) is 9.49. The number of likely N-dealkylation sites (tertiary alicyclic amines) is 2. The smallest absolute Gasteiger partial charge is 0.257 e. The van der Waals surface area contributed by atoms with Crippen molar-refractivity contribution in [3.63, 3.8) is 0 Å². The highest BCUT2D eigenvalue weighted by atomic mass is 16.5. The summed E-state index contributed by atoms with van der Waals surface area (Å²) in [6.45, 7) is 6.36. The summed E-state index contributed by atoms with van der Waals surface area (Å²) in [6, 6.07) is 5.39. The number of hydrogen-bond acceptors (Lipinski definition) is 4. The van der Waals surface area contributed by atoms with Gasteiger partial charge in [-0.15, -0.1) is 0 Å². The molecule has 2 aliphatic heterocycles. The fraction of sp³-hybridized carbons (Fsp3) is 0.476. The van der Waals surface area contributed by atoms with Gasteiger partial charge in [0.05, 0.1) is 12.7 Å². The van der Waals surface area contributed by atoms with Crippen molar-refractivity contribution in [1.82, 2.24) is 9.80 Å². The predicted octanol–water partition coefficient (Wildman–Crippen LogP) is 2.69. The molecule has 0 bridgehead atoms. The Bertz CT molecular complexity index is 689. The minimum atomic E-state index is -0.0340. The Morgan fingerprint density at radius 2 is 1.81 bits per heavy atom. The van der Waals surface area contributed by atoms with Crippen LogP contribution in [0.2, 0.25) is 0 Å². The molecule has 1 radical (unpaired) electrons. The quantitative estimate of drug-likeness (QED) is 0.747. The van der Waals surface area contributed by atoms with E-state index in [-0.39, 0.29) is 17.9 Å². The number of nitrogens with zero attached hydrogens (tertiary/aromatic N) is 2. The zero-order chi connectivity index (χ0) is 19.2. The molecule has 2 fully saturated rings. The number of rotatable bonds is 5. The third-order valence-corrected chi connectivity index (χ3v) is 5.13. The van der Waals surface area contributed by atoms with Gasteiger partial charge in [-0.3, -0.25) is 9.59 Å². The summed E-state index contributed by atoms with van der Waals surface area (Å²) < 4.78 is 11.5. The molecule has 1 aromatic rings. The van der Waals surface area contributed by atoms with Crippen molar-refractivity contribution in [1.29, 1.82) is 0 Å². The molecule has 0 N–H and O–H groups in total. The monoisotopic (exact) mass is 371 g/mol. The van der Waals surface area contributed by atoms with Crippen LogP contribution in [0.15, 0.2) is 30.9 Å². The van der Waals surface area contributed by atoms with Crippen LogP contribution in [-0.2, 0) is 4.79 Å². The second kappa shape index (κ2) is 8.93. The maximum Gasteiger partial charge on any atom is 0.257 e. The molecule has 0 spiro atoms. The van der Waals surface area contributed by atoms with E-state index >= 15 is 0 Å². The average molecular weight is 371 g/mol. The highest BCUT2D eigenvalue weighted by Gasteiger charge is 2.24. The van der Waals surface area contributed by atoms with Crippen LogP contribution in [0.5, 0.6) is 11.5 Å². The fourth-order valence-electron chi connectivity index (χ4n) is 3.56. The van der Waals surface area contributed by atoms with E-state index in [0.717, 1.165) is 38.8 Å². The van der Waals surface area contributed by atoms with Gasteiger partial charge < -0.3 is 19.3 Å². The molecule has 0 saturated carbocycles. The van der Waals surface area contributed by atoms with Crippen LogP contribution in [0, 0.1) is 6.42 Å². The first-order valence-electron chi connectivity index (χ1n) is 9.49. The molecule has 2 amide bonds. The molecule has 0 unspecified atom stereocenters. The third-order valence-electron chi connectivity index (χ3n) is 5.13. The van der Waals surface area contributed by atoms with Gasteiger partial charge >= 0.3 is 0 Å². The van der Waals surface area contributed by atoms with Crippen molar-refractivity contribution in [2.45, 2.75) is 31.8 Å². The van der Waals surface area contributed by atoms with Gasteiger partial charge in [-0.25, -0.2) is 0 Å². The van der Waals surface area contributed by atoms with Gasteiger partial charge in [-0.2, -0.15) is 0 Å². The third kappa shape index (κ3) is 4.62. The topological polar surface area (TPSA) is 59.1 Å². The van der Waals surface area contributed by atoms with Gasteiger partial charge in [0.15, 0.2) is 0 Å². The Kier molecular flexibility index (Phi) is 6.37. The van der Waals surface area contributed by atoms with E-state index in [0.29, 0.717) is 30.2 Å². The van der Waals surface area contributed by atoms with Crippen LogP contribution in [0.4, 0.5) is 0 Å². The molecule has 27 heavy (non-hydrogen) atoms. The number of methoxy groups -OCH3 is 1. The molecule has 0 aromatic heterocycles. The van der Waals surface area contributed by atoms with Crippen LogP contribution in [-0.4, -0.2) is 61.0 Å². The molecule has 3 rings (SSSR count). The van der Waals surface area contributed by atoms with Crippen molar-refractivity contribution in [2.75, 3.05) is 33.3 Å². The van der Waals surface area contributed by atoms with Gasteiger partial charge in [0, 0.05) is 45.1 Å². The number of ether oxygens (including phenoxy) is 2. The molecule has 6 heteroatoms. The second-order valence-corrected chi connectivity index (χ2v) is 6.87. The van der Waals surface area contributed by atoms with Gasteiger partial charge in [-0.1, -0.05) is 6.58 Å². The predicted molar refractivity (Wildman–Crippen MR) is 103 cm³/mol. The molecule has 0 aliphatic carbocycles. The SMILES string of the molecule is C=CC(=O)N1CCC(Oc2ccc(C(=O)N3CC[CH]CC3)c(OC)c2)CC1. The maximum absolute atomic E-state index is 12.8. The number of piperidine rings is 2. The Hall–Kier alpha value is -2.50. The highest BCUT2D eigenvalue weighted by Crippen LogP contribution is 2.28. The van der Waals surface area contributed by atoms with E-state index in [2.05, 4.69) is 13.0 Å². The zero-order valence-corrected chi connectivity index (χ0v) is 15.9. The van der Waals surface area contributed by atoms with Gasteiger partial charge in [0.2, 0.25) is 5.91 Å². The van der Waals surface area contributed by atoms with Crippen molar-refractivity contribution in [3.05, 3.63) is 42.8 Å². The first-order chi connectivity index (χ1) is 13.1. The standard InChI is InChI=1S/C21H27N2O4/c1-3-20(24)22-13-9-16(10-14-22)27-17-7-8-18(19(15-17)26-2)21(25)23-11-5-4-6-12-23/h3-4,7-8,15-16H,1,5-6,9-14H2,2H3. The average Bonchev–Trinajstić information content (AvgIpc) is 2.73. The van der Waals surface area contributed by atoms with Crippen LogP contribution in [0.3, 0.4) is 0 Å². The van der Waals surface area contributed by atoms with Crippen molar-refractivity contribution in [2.24, 2.45) is 0 Å². The van der Waals surface area contributed by atoms with Crippen LogP contribution >= 0.6 is 0 Å². The largest absolute Gasteiger partial charge is 0.496 e. The zero-order valence-electron chi connectivity index (χ0n) is 15.9. The first kappa shape index (κ1) is 19.3. The van der Waals surface area contributed by atoms with E-state index in [1.54, 1.807) is 24.1 Å². The molecule has 0 atom stereocenters. The van der Waals surface area contributed by atoms with E-state index < -0.39 is 0 Å². The summed E-state index contributed by atoms with van der Waals surface area (Å²) >= 11 is 0. The number of carbonyl (C=O) groups is 2. The normalized spacial score (nSPS) is 18.1. The summed E-state index contributed by atoms with van der Waals surface area (Å²) in [5.41, 5.74) is 0.568. The second-order valence-electron chi connectivity index (χ2n) is 6.87. The molecule has 145 valence electrons. The Balaban J connectivity index is 1.63. The lowest BCUT2D eigenvalue weighted by Gasteiger charge is -2.31. The number of hydrogen-bond donors (Lipinski definition) is 0. The maximum atomic E-state index is 12.8. The lowest BCUT2D eigenvalue weighted by atomic mass is 10.1. The summed E-state index contributed by atoms with van der Waals surface area (Å²) in [5.74, 6) is 1.19. The number of amides is 2. The molecule has 2 saturated heterocycles. The van der Waals surface area contributed by atoms with E-state index in [9.17, 15) is 9.59 Å². The van der Waals surface area contributed by atoms with E-state index in [4.69, 9.17) is 9.47 Å². The minimum absolute atomic E-state index is 0.00254. The molecular weight excluding hydrogens is 344 g/mol. The lowest BCUT2D eigenvalue weighted by molar-refractivity contribution is -0.127. The van der Waals surface area contributed by atoms with Gasteiger partial charge in [0.1, 0.15) is 17.6 Å². The Labute approximate surface area is 160 Å². The Morgan fingerprint density at radius 3 is 2.44 bits per heavy atom. The minimum Gasteiger partial charge on any atom is -0.496 e. The number of carbonyl (C=O) groups excluding carboxylic acids is 2. The summed E-state index contributed by atoms with van der Waals surface area (Å²) in [7, 11) is 1.57. The molecule has 1 aromatic carbocycles. The van der Waals surface area contributed by atoms with Crippen LogP contribution < -0.4 is 9.47 Å².